The van der Waals surface area contributed by atoms with Gasteiger partial charge in [0.05, 0.1) is 19.2 Å². The lowest BCUT2D eigenvalue weighted by Crippen LogP contribution is -2.40. The van der Waals surface area contributed by atoms with Crippen molar-refractivity contribution in [2.75, 3.05) is 25.6 Å². The number of carbonyl (C=O) groups excluding carboxylic acids is 3. The first kappa shape index (κ1) is 19.3. The normalized spacial score (nSPS) is 17.3. The molecule has 2 aromatic rings. The van der Waals surface area contributed by atoms with E-state index in [9.17, 15) is 14.4 Å². The second-order valence-electron chi connectivity index (χ2n) is 6.74. The Morgan fingerprint density at radius 1 is 1.24 bits per heavy atom. The van der Waals surface area contributed by atoms with Crippen LogP contribution in [0.15, 0.2) is 24.3 Å². The summed E-state index contributed by atoms with van der Waals surface area (Å²) in [4.78, 5) is 39.5. The first-order chi connectivity index (χ1) is 14.0. The Hall–Kier alpha value is -3.07. The Morgan fingerprint density at radius 2 is 2.00 bits per heavy atom. The third-order valence-electron chi connectivity index (χ3n) is 4.93. The van der Waals surface area contributed by atoms with Gasteiger partial charge in [-0.2, -0.15) is 0 Å². The van der Waals surface area contributed by atoms with Crippen molar-refractivity contribution < 1.29 is 28.6 Å². The van der Waals surface area contributed by atoms with E-state index in [0.29, 0.717) is 41.6 Å². The molecule has 0 fully saturated rings. The summed E-state index contributed by atoms with van der Waals surface area (Å²) in [6.45, 7) is 2.51. The number of fused-ring (bicyclic) bond motifs is 2. The number of hydrogen-bond donors (Lipinski definition) is 1. The maximum absolute atomic E-state index is 12.8. The number of thiophene rings is 1. The minimum Gasteiger partial charge on any atom is -0.485 e. The van der Waals surface area contributed by atoms with Crippen molar-refractivity contribution in [3.05, 3.63) is 40.3 Å². The largest absolute Gasteiger partial charge is 0.485 e. The lowest BCUT2D eigenvalue weighted by molar-refractivity contribution is -0.129. The van der Waals surface area contributed by atoms with Crippen molar-refractivity contribution in [1.29, 1.82) is 0 Å². The van der Waals surface area contributed by atoms with Crippen LogP contribution in [0, 0.1) is 0 Å². The van der Waals surface area contributed by atoms with E-state index in [2.05, 4.69) is 5.32 Å². The summed E-state index contributed by atoms with van der Waals surface area (Å²) in [5, 5.41) is 3.20. The molecule has 0 saturated heterocycles. The van der Waals surface area contributed by atoms with Gasteiger partial charge in [0.15, 0.2) is 11.5 Å². The van der Waals surface area contributed by atoms with Gasteiger partial charge in [0.25, 0.3) is 5.91 Å². The van der Waals surface area contributed by atoms with Crippen molar-refractivity contribution in [2.24, 2.45) is 0 Å². The molecular weight excluding hydrogens is 396 g/mol. The van der Waals surface area contributed by atoms with Gasteiger partial charge in [-0.25, -0.2) is 4.79 Å². The van der Waals surface area contributed by atoms with E-state index < -0.39 is 18.0 Å². The summed E-state index contributed by atoms with van der Waals surface area (Å²) in [7, 11) is 1.30. The van der Waals surface area contributed by atoms with E-state index in [-0.39, 0.29) is 12.5 Å². The molecule has 0 saturated carbocycles. The second kappa shape index (κ2) is 7.75. The molecule has 2 aliphatic heterocycles. The van der Waals surface area contributed by atoms with Crippen LogP contribution in [0.3, 0.4) is 0 Å². The number of hydrogen-bond acceptors (Lipinski definition) is 7. The average Bonchev–Trinajstić information content (AvgIpc) is 3.09. The van der Waals surface area contributed by atoms with Crippen LogP contribution in [0.5, 0.6) is 11.5 Å². The fourth-order valence-electron chi connectivity index (χ4n) is 3.42. The van der Waals surface area contributed by atoms with Gasteiger partial charge < -0.3 is 24.4 Å². The number of methoxy groups -OCH3 is 1. The van der Waals surface area contributed by atoms with E-state index in [1.165, 1.54) is 25.4 Å². The van der Waals surface area contributed by atoms with Crippen LogP contribution in [-0.4, -0.2) is 49.0 Å². The van der Waals surface area contributed by atoms with Crippen LogP contribution in [0.1, 0.15) is 27.7 Å². The standard InChI is InChI=1S/C20H20N2O6S/c1-11(23)22-8-7-12-16(9-22)29-19(17(12)20(25)26-2)21-18(24)15-10-27-13-5-3-4-6-14(13)28-15/h3-6,15H,7-10H2,1-2H3,(H,21,24)/t15-/m0/s1. The molecule has 29 heavy (non-hydrogen) atoms. The van der Waals surface area contributed by atoms with Crippen molar-refractivity contribution >= 4 is 34.1 Å². The molecule has 0 aliphatic carbocycles. The molecule has 3 heterocycles. The highest BCUT2D eigenvalue weighted by molar-refractivity contribution is 7.17. The van der Waals surface area contributed by atoms with Gasteiger partial charge in [-0.3, -0.25) is 9.59 Å². The molecule has 2 aliphatic rings. The zero-order chi connectivity index (χ0) is 20.5. The number of benzene rings is 1. The maximum Gasteiger partial charge on any atom is 0.341 e. The monoisotopic (exact) mass is 416 g/mol. The molecule has 0 unspecified atom stereocenters. The third kappa shape index (κ3) is 3.65. The molecule has 4 rings (SSSR count). The zero-order valence-corrected chi connectivity index (χ0v) is 16.8. The van der Waals surface area contributed by atoms with E-state index in [1.807, 2.05) is 6.07 Å². The predicted molar refractivity (Wildman–Crippen MR) is 105 cm³/mol. The summed E-state index contributed by atoms with van der Waals surface area (Å²) in [6, 6.07) is 7.12. The number of rotatable bonds is 3. The van der Waals surface area contributed by atoms with E-state index >= 15 is 0 Å². The first-order valence-electron chi connectivity index (χ1n) is 9.15. The van der Waals surface area contributed by atoms with Crippen molar-refractivity contribution in [3.8, 4) is 11.5 Å². The molecular formula is C20H20N2O6S. The summed E-state index contributed by atoms with van der Waals surface area (Å²) in [5.41, 5.74) is 1.17. The number of esters is 1. The highest BCUT2D eigenvalue weighted by Gasteiger charge is 2.33. The van der Waals surface area contributed by atoms with Crippen LogP contribution in [0.25, 0.3) is 0 Å². The highest BCUT2D eigenvalue weighted by Crippen LogP contribution is 2.38. The lowest BCUT2D eigenvalue weighted by Gasteiger charge is -2.25. The van der Waals surface area contributed by atoms with E-state index in [4.69, 9.17) is 14.2 Å². The fraction of sp³-hybridized carbons (Fsp3) is 0.350. The van der Waals surface area contributed by atoms with Gasteiger partial charge in [-0.1, -0.05) is 12.1 Å². The molecule has 9 heteroatoms. The molecule has 0 radical (unpaired) electrons. The second-order valence-corrected chi connectivity index (χ2v) is 7.85. The Morgan fingerprint density at radius 3 is 2.72 bits per heavy atom. The minimum atomic E-state index is -0.844. The summed E-state index contributed by atoms with van der Waals surface area (Å²) in [6.07, 6.45) is -0.314. The predicted octanol–water partition coefficient (Wildman–Crippen LogP) is 2.22. The smallest absolute Gasteiger partial charge is 0.341 e. The number of anilines is 1. The summed E-state index contributed by atoms with van der Waals surface area (Å²) >= 11 is 1.28. The lowest BCUT2D eigenvalue weighted by atomic mass is 10.0. The van der Waals surface area contributed by atoms with Crippen LogP contribution in [0.4, 0.5) is 5.00 Å². The van der Waals surface area contributed by atoms with Gasteiger partial charge in [0, 0.05) is 18.3 Å². The van der Waals surface area contributed by atoms with Crippen LogP contribution in [0.2, 0.25) is 0 Å². The van der Waals surface area contributed by atoms with Gasteiger partial charge in [0.1, 0.15) is 11.6 Å². The van der Waals surface area contributed by atoms with Crippen molar-refractivity contribution in [1.82, 2.24) is 4.90 Å². The molecule has 152 valence electrons. The topological polar surface area (TPSA) is 94.2 Å². The highest BCUT2D eigenvalue weighted by atomic mass is 32.1. The van der Waals surface area contributed by atoms with Gasteiger partial charge in [0.2, 0.25) is 12.0 Å². The molecule has 8 nitrogen and oxygen atoms in total. The SMILES string of the molecule is COC(=O)c1c(NC(=O)[C@@H]2COc3ccccc3O2)sc2c1CCN(C(C)=O)C2. The number of carbonyl (C=O) groups is 3. The third-order valence-corrected chi connectivity index (χ3v) is 6.06. The van der Waals surface area contributed by atoms with Crippen LogP contribution < -0.4 is 14.8 Å². The molecule has 0 spiro atoms. The van der Waals surface area contributed by atoms with Gasteiger partial charge in [-0.05, 0) is 24.1 Å². The van der Waals surface area contributed by atoms with E-state index in [0.717, 1.165) is 10.4 Å². The van der Waals surface area contributed by atoms with Gasteiger partial charge >= 0.3 is 5.97 Å². The van der Waals surface area contributed by atoms with Crippen molar-refractivity contribution in [2.45, 2.75) is 26.0 Å². The number of para-hydroxylation sites is 2. The molecule has 0 bridgehead atoms. The number of nitrogens with zero attached hydrogens (tertiary/aromatic N) is 1. The Balaban J connectivity index is 1.58. The number of amides is 2. The van der Waals surface area contributed by atoms with Crippen molar-refractivity contribution in [3.63, 3.8) is 0 Å². The summed E-state index contributed by atoms with van der Waals surface area (Å²) < 4.78 is 16.3. The molecule has 1 N–H and O–H groups in total. The zero-order valence-electron chi connectivity index (χ0n) is 16.0. The van der Waals surface area contributed by atoms with E-state index in [1.54, 1.807) is 23.1 Å². The molecule has 1 aromatic heterocycles. The number of ether oxygens (including phenoxy) is 3. The number of nitrogens with one attached hydrogen (secondary N) is 1. The summed E-state index contributed by atoms with van der Waals surface area (Å²) in [5.74, 6) is 0.130. The quantitative estimate of drug-likeness (QED) is 0.771. The van der Waals surface area contributed by atoms with Crippen LogP contribution >= 0.6 is 11.3 Å². The first-order valence-corrected chi connectivity index (χ1v) is 9.97. The molecule has 2 amide bonds. The Labute approximate surface area is 171 Å². The van der Waals surface area contributed by atoms with Crippen LogP contribution in [-0.2, 0) is 27.3 Å². The van der Waals surface area contributed by atoms with Gasteiger partial charge in [-0.15, -0.1) is 11.3 Å². The molecule has 1 atom stereocenters. The fourth-order valence-corrected chi connectivity index (χ4v) is 4.67. The minimum absolute atomic E-state index is 0.0272. The maximum atomic E-state index is 12.8. The molecule has 1 aromatic carbocycles. The average molecular weight is 416 g/mol. The Bertz CT molecular complexity index is 985. The Kier molecular flexibility index (Phi) is 5.14.